The Labute approximate surface area is 150 Å². The number of ether oxygens (including phenoxy) is 2. The second kappa shape index (κ2) is 7.77. The van der Waals surface area contributed by atoms with Gasteiger partial charge in [0.2, 0.25) is 0 Å². The van der Waals surface area contributed by atoms with Crippen LogP contribution in [-0.2, 0) is 4.79 Å². The Morgan fingerprint density at radius 2 is 1.88 bits per heavy atom. The summed E-state index contributed by atoms with van der Waals surface area (Å²) in [6.45, 7) is 0. The Balaban J connectivity index is 2.15. The molecule has 0 atom stereocenters. The molecule has 1 aliphatic carbocycles. The first-order valence-electron chi connectivity index (χ1n) is 8.17. The van der Waals surface area contributed by atoms with Crippen molar-refractivity contribution in [3.63, 3.8) is 0 Å². The highest BCUT2D eigenvalue weighted by molar-refractivity contribution is 7.99. The third-order valence-corrected chi connectivity index (χ3v) is 5.24. The summed E-state index contributed by atoms with van der Waals surface area (Å²) in [5.74, 6) is 1.44. The Bertz CT molecular complexity index is 734. The van der Waals surface area contributed by atoms with Gasteiger partial charge in [0.15, 0.2) is 5.16 Å². The first kappa shape index (κ1) is 17.6. The number of para-hydroxylation sites is 1. The molecule has 1 heterocycles. The average molecular weight is 363 g/mol. The van der Waals surface area contributed by atoms with Crippen molar-refractivity contribution in [2.45, 2.75) is 36.8 Å². The summed E-state index contributed by atoms with van der Waals surface area (Å²) in [4.78, 5) is 11.0. The van der Waals surface area contributed by atoms with Gasteiger partial charge in [-0.3, -0.25) is 9.36 Å². The van der Waals surface area contributed by atoms with Crippen LogP contribution < -0.4 is 9.47 Å². The third-order valence-electron chi connectivity index (χ3n) is 4.33. The summed E-state index contributed by atoms with van der Waals surface area (Å²) in [6.07, 6.45) is 4.44. The lowest BCUT2D eigenvalue weighted by molar-refractivity contribution is -0.133. The van der Waals surface area contributed by atoms with Crippen LogP contribution in [0.4, 0.5) is 0 Å². The van der Waals surface area contributed by atoms with Crippen LogP contribution in [0.2, 0.25) is 0 Å². The fourth-order valence-corrected chi connectivity index (χ4v) is 3.88. The van der Waals surface area contributed by atoms with Gasteiger partial charge >= 0.3 is 5.97 Å². The average Bonchev–Trinajstić information content (AvgIpc) is 3.28. The standard InChI is InChI=1S/C17H21N3O4S/c1-23-12-8-5-9-13(24-2)15(12)20-16(11-6-3-4-7-11)18-19-17(20)25-10-14(21)22/h5,8-9,11H,3-4,6-7,10H2,1-2H3,(H,21,22). The number of hydrogen-bond acceptors (Lipinski definition) is 6. The Hall–Kier alpha value is -2.22. The van der Waals surface area contributed by atoms with Gasteiger partial charge in [0, 0.05) is 5.92 Å². The summed E-state index contributed by atoms with van der Waals surface area (Å²) < 4.78 is 13.0. The van der Waals surface area contributed by atoms with Crippen LogP contribution in [0, 0.1) is 0 Å². The quantitative estimate of drug-likeness (QED) is 0.756. The number of carboxylic acid groups (broad SMARTS) is 1. The second-order valence-electron chi connectivity index (χ2n) is 5.85. The summed E-state index contributed by atoms with van der Waals surface area (Å²) in [7, 11) is 3.20. The van der Waals surface area contributed by atoms with Crippen LogP contribution in [-0.4, -0.2) is 45.8 Å². The minimum Gasteiger partial charge on any atom is -0.494 e. The molecule has 1 aromatic heterocycles. The Morgan fingerprint density at radius 1 is 1.24 bits per heavy atom. The van der Waals surface area contributed by atoms with E-state index in [1.54, 1.807) is 14.2 Å². The van der Waals surface area contributed by atoms with E-state index < -0.39 is 5.97 Å². The molecule has 1 aliphatic rings. The number of rotatable bonds is 7. The van der Waals surface area contributed by atoms with E-state index in [-0.39, 0.29) is 5.75 Å². The lowest BCUT2D eigenvalue weighted by atomic mass is 10.1. The molecule has 25 heavy (non-hydrogen) atoms. The molecular weight excluding hydrogens is 342 g/mol. The maximum atomic E-state index is 11.0. The normalized spacial score (nSPS) is 14.6. The Morgan fingerprint density at radius 3 is 2.44 bits per heavy atom. The Kier molecular flexibility index (Phi) is 5.47. The molecule has 0 saturated heterocycles. The molecule has 1 fully saturated rings. The number of carboxylic acids is 1. The van der Waals surface area contributed by atoms with Gasteiger partial charge in [-0.25, -0.2) is 0 Å². The summed E-state index contributed by atoms with van der Waals surface area (Å²) in [5, 5.41) is 18.2. The highest BCUT2D eigenvalue weighted by atomic mass is 32.2. The predicted octanol–water partition coefficient (Wildman–Crippen LogP) is 3.12. The zero-order valence-corrected chi connectivity index (χ0v) is 15.1. The van der Waals surface area contributed by atoms with E-state index in [0.29, 0.717) is 28.3 Å². The molecule has 0 bridgehead atoms. The van der Waals surface area contributed by atoms with E-state index in [0.717, 1.165) is 43.3 Å². The van der Waals surface area contributed by atoms with E-state index in [1.165, 1.54) is 0 Å². The molecule has 134 valence electrons. The zero-order valence-electron chi connectivity index (χ0n) is 14.3. The molecule has 3 rings (SSSR count). The number of benzene rings is 1. The maximum absolute atomic E-state index is 11.0. The lowest BCUT2D eigenvalue weighted by Gasteiger charge is -2.18. The van der Waals surface area contributed by atoms with Crippen LogP contribution in [0.5, 0.6) is 11.5 Å². The number of aromatic nitrogens is 3. The van der Waals surface area contributed by atoms with Crippen LogP contribution in [0.3, 0.4) is 0 Å². The third kappa shape index (κ3) is 3.58. The molecule has 0 unspecified atom stereocenters. The molecule has 1 saturated carbocycles. The molecule has 0 radical (unpaired) electrons. The molecule has 0 amide bonds. The van der Waals surface area contributed by atoms with E-state index in [4.69, 9.17) is 14.6 Å². The van der Waals surface area contributed by atoms with Crippen molar-refractivity contribution in [2.75, 3.05) is 20.0 Å². The summed E-state index contributed by atoms with van der Waals surface area (Å²) in [6, 6.07) is 5.55. The molecule has 2 aromatic rings. The van der Waals surface area contributed by atoms with Crippen LogP contribution in [0.25, 0.3) is 5.69 Å². The molecule has 1 aromatic carbocycles. The number of methoxy groups -OCH3 is 2. The smallest absolute Gasteiger partial charge is 0.313 e. The van der Waals surface area contributed by atoms with Crippen molar-refractivity contribution in [2.24, 2.45) is 0 Å². The van der Waals surface area contributed by atoms with Gasteiger partial charge in [-0.2, -0.15) is 0 Å². The van der Waals surface area contributed by atoms with Crippen molar-refractivity contribution in [1.82, 2.24) is 14.8 Å². The number of nitrogens with zero attached hydrogens (tertiary/aromatic N) is 3. The fourth-order valence-electron chi connectivity index (χ4n) is 3.21. The first-order chi connectivity index (χ1) is 12.2. The van der Waals surface area contributed by atoms with Crippen molar-refractivity contribution < 1.29 is 19.4 Å². The number of aliphatic carboxylic acids is 1. The number of hydrogen-bond donors (Lipinski definition) is 1. The van der Waals surface area contributed by atoms with Crippen molar-refractivity contribution in [1.29, 1.82) is 0 Å². The SMILES string of the molecule is COc1cccc(OC)c1-n1c(SCC(=O)O)nnc1C1CCCC1. The van der Waals surface area contributed by atoms with E-state index in [1.807, 2.05) is 22.8 Å². The highest BCUT2D eigenvalue weighted by Crippen LogP contribution is 2.40. The largest absolute Gasteiger partial charge is 0.494 e. The summed E-state index contributed by atoms with van der Waals surface area (Å²) in [5.41, 5.74) is 0.715. The monoisotopic (exact) mass is 363 g/mol. The van der Waals surface area contributed by atoms with Crippen LogP contribution in [0.1, 0.15) is 37.4 Å². The van der Waals surface area contributed by atoms with Gasteiger partial charge in [-0.15, -0.1) is 10.2 Å². The van der Waals surface area contributed by atoms with Crippen LogP contribution in [0.15, 0.2) is 23.4 Å². The van der Waals surface area contributed by atoms with Gasteiger partial charge in [-0.05, 0) is 25.0 Å². The molecule has 0 aliphatic heterocycles. The summed E-state index contributed by atoms with van der Waals surface area (Å²) >= 11 is 1.15. The zero-order chi connectivity index (χ0) is 17.8. The molecule has 1 N–H and O–H groups in total. The first-order valence-corrected chi connectivity index (χ1v) is 9.15. The lowest BCUT2D eigenvalue weighted by Crippen LogP contribution is -2.10. The van der Waals surface area contributed by atoms with Crippen LogP contribution >= 0.6 is 11.8 Å². The minimum atomic E-state index is -0.894. The molecular formula is C17H21N3O4S. The highest BCUT2D eigenvalue weighted by Gasteiger charge is 2.28. The molecule has 8 heteroatoms. The number of thioether (sulfide) groups is 1. The van der Waals surface area contributed by atoms with Crippen molar-refractivity contribution >= 4 is 17.7 Å². The molecule has 0 spiro atoms. The van der Waals surface area contributed by atoms with E-state index in [2.05, 4.69) is 10.2 Å². The van der Waals surface area contributed by atoms with Gasteiger partial charge in [0.05, 0.1) is 20.0 Å². The maximum Gasteiger partial charge on any atom is 0.313 e. The topological polar surface area (TPSA) is 86.5 Å². The van der Waals surface area contributed by atoms with E-state index in [9.17, 15) is 4.79 Å². The van der Waals surface area contributed by atoms with Crippen molar-refractivity contribution in [3.8, 4) is 17.2 Å². The number of carbonyl (C=O) groups is 1. The van der Waals surface area contributed by atoms with E-state index >= 15 is 0 Å². The predicted molar refractivity (Wildman–Crippen MR) is 94.0 cm³/mol. The second-order valence-corrected chi connectivity index (χ2v) is 6.79. The van der Waals surface area contributed by atoms with Gasteiger partial charge in [0.25, 0.3) is 0 Å². The van der Waals surface area contributed by atoms with Gasteiger partial charge in [-0.1, -0.05) is 30.7 Å². The van der Waals surface area contributed by atoms with Gasteiger partial charge in [0.1, 0.15) is 23.0 Å². The van der Waals surface area contributed by atoms with Gasteiger partial charge < -0.3 is 14.6 Å². The molecule has 7 nitrogen and oxygen atoms in total. The van der Waals surface area contributed by atoms with Crippen molar-refractivity contribution in [3.05, 3.63) is 24.0 Å². The minimum absolute atomic E-state index is 0.0831. The fraction of sp³-hybridized carbons (Fsp3) is 0.471.